The molecule has 2 rings (SSSR count). The van der Waals surface area contributed by atoms with Gasteiger partial charge in [0.2, 0.25) is 0 Å². The van der Waals surface area contributed by atoms with Crippen molar-refractivity contribution in [3.63, 3.8) is 0 Å². The van der Waals surface area contributed by atoms with Crippen molar-refractivity contribution < 1.29 is 18.7 Å². The van der Waals surface area contributed by atoms with Crippen LogP contribution in [0.2, 0.25) is 0 Å². The lowest BCUT2D eigenvalue weighted by atomic mass is 9.99. The number of halogens is 1. The van der Waals surface area contributed by atoms with Gasteiger partial charge in [-0.05, 0) is 38.1 Å². The fourth-order valence-electron chi connectivity index (χ4n) is 1.85. The lowest BCUT2D eigenvalue weighted by Crippen LogP contribution is -2.25. The number of aliphatic hydroxyl groups excluding tert-OH is 1. The molecular weight excluding hydrogens is 235 g/mol. The first-order chi connectivity index (χ1) is 8.41. The molecule has 0 saturated carbocycles. The van der Waals surface area contributed by atoms with Crippen LogP contribution in [0.4, 0.5) is 4.39 Å². The summed E-state index contributed by atoms with van der Waals surface area (Å²) in [6.45, 7) is 3.77. The van der Waals surface area contributed by atoms with E-state index in [1.165, 1.54) is 12.1 Å². The first kappa shape index (κ1) is 13.1. The van der Waals surface area contributed by atoms with E-state index in [2.05, 4.69) is 0 Å². The summed E-state index contributed by atoms with van der Waals surface area (Å²) >= 11 is 0. The van der Waals surface area contributed by atoms with Crippen LogP contribution in [-0.4, -0.2) is 17.8 Å². The predicted octanol–water partition coefficient (Wildman–Crippen LogP) is 3.42. The Morgan fingerprint density at radius 1 is 1.39 bits per heavy atom. The van der Waals surface area contributed by atoms with Crippen LogP contribution in [-0.2, 0) is 4.74 Å². The van der Waals surface area contributed by atoms with Crippen molar-refractivity contribution in [3.05, 3.63) is 35.8 Å². The summed E-state index contributed by atoms with van der Waals surface area (Å²) in [4.78, 5) is 0. The molecule has 0 fully saturated rings. The van der Waals surface area contributed by atoms with Crippen molar-refractivity contribution in [1.29, 1.82) is 0 Å². The fraction of sp³-hybridized carbons (Fsp3) is 0.429. The van der Waals surface area contributed by atoms with E-state index in [4.69, 9.17) is 9.15 Å². The molecule has 3 nitrogen and oxygen atoms in total. The Bertz CT molecular complexity index is 545. The van der Waals surface area contributed by atoms with Gasteiger partial charge in [0.15, 0.2) is 0 Å². The molecule has 98 valence electrons. The quantitative estimate of drug-likeness (QED) is 0.906. The molecule has 0 bridgehead atoms. The maximum absolute atomic E-state index is 13.0. The zero-order valence-corrected chi connectivity index (χ0v) is 10.7. The van der Waals surface area contributed by atoms with E-state index in [0.29, 0.717) is 23.2 Å². The highest BCUT2D eigenvalue weighted by molar-refractivity contribution is 5.77. The molecule has 0 aliphatic heterocycles. The minimum atomic E-state index is -0.768. The van der Waals surface area contributed by atoms with E-state index in [9.17, 15) is 9.50 Å². The van der Waals surface area contributed by atoms with Crippen LogP contribution in [0.25, 0.3) is 11.0 Å². The average molecular weight is 252 g/mol. The molecule has 0 radical (unpaired) electrons. The molecule has 1 aromatic heterocycles. The number of fused-ring (bicyclic) bond motifs is 1. The number of benzene rings is 1. The molecule has 1 N–H and O–H groups in total. The molecular formula is C14H17FO3. The third-order valence-electron chi connectivity index (χ3n) is 3.06. The second kappa shape index (κ2) is 4.71. The molecule has 1 heterocycles. The maximum atomic E-state index is 13.0. The minimum Gasteiger partial charge on any atom is -0.458 e. The average Bonchev–Trinajstić information content (AvgIpc) is 2.71. The normalized spacial score (nSPS) is 14.1. The second-order valence-corrected chi connectivity index (χ2v) is 5.01. The highest BCUT2D eigenvalue weighted by Crippen LogP contribution is 2.30. The van der Waals surface area contributed by atoms with Crippen molar-refractivity contribution in [3.8, 4) is 0 Å². The molecule has 18 heavy (non-hydrogen) atoms. The van der Waals surface area contributed by atoms with E-state index < -0.39 is 11.7 Å². The number of methoxy groups -OCH3 is 1. The Morgan fingerprint density at radius 2 is 2.11 bits per heavy atom. The molecule has 0 aliphatic rings. The third kappa shape index (κ3) is 2.71. The summed E-state index contributed by atoms with van der Waals surface area (Å²) in [5.41, 5.74) is 0.129. The number of ether oxygens (including phenoxy) is 1. The first-order valence-corrected chi connectivity index (χ1v) is 5.83. The van der Waals surface area contributed by atoms with Gasteiger partial charge in [-0.25, -0.2) is 4.39 Å². The van der Waals surface area contributed by atoms with Gasteiger partial charge in [-0.2, -0.15) is 0 Å². The van der Waals surface area contributed by atoms with Crippen LogP contribution in [0.3, 0.4) is 0 Å². The van der Waals surface area contributed by atoms with E-state index in [1.807, 2.05) is 13.8 Å². The van der Waals surface area contributed by atoms with Crippen molar-refractivity contribution in [2.24, 2.45) is 0 Å². The SMILES string of the molecule is COC(C)(C)CC(O)c1cc2cc(F)ccc2o1. The lowest BCUT2D eigenvalue weighted by Gasteiger charge is -2.24. The monoisotopic (exact) mass is 252 g/mol. The van der Waals surface area contributed by atoms with Crippen LogP contribution in [0.5, 0.6) is 0 Å². The Labute approximate surface area is 105 Å². The van der Waals surface area contributed by atoms with Gasteiger partial charge >= 0.3 is 0 Å². The van der Waals surface area contributed by atoms with E-state index in [1.54, 1.807) is 19.2 Å². The summed E-state index contributed by atoms with van der Waals surface area (Å²) < 4.78 is 23.8. The molecule has 1 atom stereocenters. The van der Waals surface area contributed by atoms with Crippen molar-refractivity contribution in [2.75, 3.05) is 7.11 Å². The molecule has 0 spiro atoms. The fourth-order valence-corrected chi connectivity index (χ4v) is 1.85. The maximum Gasteiger partial charge on any atom is 0.134 e. The molecule has 2 aromatic rings. The highest BCUT2D eigenvalue weighted by atomic mass is 19.1. The smallest absolute Gasteiger partial charge is 0.134 e. The Hall–Kier alpha value is -1.39. The molecule has 0 amide bonds. The number of hydrogen-bond donors (Lipinski definition) is 1. The van der Waals surface area contributed by atoms with Gasteiger partial charge in [0.1, 0.15) is 23.3 Å². The van der Waals surface area contributed by atoms with Crippen molar-refractivity contribution in [2.45, 2.75) is 32.0 Å². The van der Waals surface area contributed by atoms with Gasteiger partial charge in [0, 0.05) is 18.9 Å². The topological polar surface area (TPSA) is 42.6 Å². The number of rotatable bonds is 4. The summed E-state index contributed by atoms with van der Waals surface area (Å²) in [5, 5.41) is 10.7. The van der Waals surface area contributed by atoms with Gasteiger partial charge in [0.25, 0.3) is 0 Å². The van der Waals surface area contributed by atoms with Crippen molar-refractivity contribution in [1.82, 2.24) is 0 Å². The van der Waals surface area contributed by atoms with Gasteiger partial charge in [-0.15, -0.1) is 0 Å². The van der Waals surface area contributed by atoms with Gasteiger partial charge in [-0.3, -0.25) is 0 Å². The summed E-state index contributed by atoms with van der Waals surface area (Å²) in [6, 6.07) is 5.94. The second-order valence-electron chi connectivity index (χ2n) is 5.01. The van der Waals surface area contributed by atoms with Crippen LogP contribution in [0, 0.1) is 5.82 Å². The van der Waals surface area contributed by atoms with Gasteiger partial charge < -0.3 is 14.3 Å². The summed E-state index contributed by atoms with van der Waals surface area (Å²) in [7, 11) is 1.60. The third-order valence-corrected chi connectivity index (χ3v) is 3.06. The van der Waals surface area contributed by atoms with Gasteiger partial charge in [0.05, 0.1) is 5.60 Å². The van der Waals surface area contributed by atoms with Crippen LogP contribution in [0.1, 0.15) is 32.1 Å². The van der Waals surface area contributed by atoms with E-state index >= 15 is 0 Å². The van der Waals surface area contributed by atoms with Crippen LogP contribution < -0.4 is 0 Å². The molecule has 4 heteroatoms. The van der Waals surface area contributed by atoms with E-state index in [-0.39, 0.29) is 5.82 Å². The van der Waals surface area contributed by atoms with E-state index in [0.717, 1.165) is 0 Å². The zero-order chi connectivity index (χ0) is 13.3. The van der Waals surface area contributed by atoms with Gasteiger partial charge in [-0.1, -0.05) is 0 Å². The number of furan rings is 1. The molecule has 1 aromatic carbocycles. The zero-order valence-electron chi connectivity index (χ0n) is 10.7. The van der Waals surface area contributed by atoms with Crippen molar-refractivity contribution >= 4 is 11.0 Å². The van der Waals surface area contributed by atoms with Crippen LogP contribution in [0.15, 0.2) is 28.7 Å². The van der Waals surface area contributed by atoms with Crippen LogP contribution >= 0.6 is 0 Å². The lowest BCUT2D eigenvalue weighted by molar-refractivity contribution is -0.0245. The largest absolute Gasteiger partial charge is 0.458 e. The molecule has 0 aliphatic carbocycles. The molecule has 1 unspecified atom stereocenters. The minimum absolute atomic E-state index is 0.318. The first-order valence-electron chi connectivity index (χ1n) is 5.83. The summed E-state index contributed by atoms with van der Waals surface area (Å²) in [6.07, 6.45) is -0.360. The number of aliphatic hydroxyl groups is 1. The highest BCUT2D eigenvalue weighted by Gasteiger charge is 2.24. The Balaban J connectivity index is 2.25. The predicted molar refractivity (Wildman–Crippen MR) is 66.8 cm³/mol. The molecule has 0 saturated heterocycles. The Morgan fingerprint density at radius 3 is 2.78 bits per heavy atom. The standard InChI is InChI=1S/C14H17FO3/c1-14(2,17-3)8-11(16)13-7-9-6-10(15)4-5-12(9)18-13/h4-7,11,16H,8H2,1-3H3. The summed E-state index contributed by atoms with van der Waals surface area (Å²) in [5.74, 6) is 0.113. The number of hydrogen-bond acceptors (Lipinski definition) is 3. The Kier molecular flexibility index (Phi) is 3.41.